The number of hydrogen-bond donors (Lipinski definition) is 1. The summed E-state index contributed by atoms with van der Waals surface area (Å²) in [5.41, 5.74) is 5.01. The van der Waals surface area contributed by atoms with Crippen LogP contribution in [0.3, 0.4) is 0 Å². The van der Waals surface area contributed by atoms with E-state index >= 15 is 0 Å². The number of carbonyl (C=O) groups is 1. The summed E-state index contributed by atoms with van der Waals surface area (Å²) >= 11 is 12.0. The summed E-state index contributed by atoms with van der Waals surface area (Å²) in [5.74, 6) is 0.0361. The van der Waals surface area contributed by atoms with E-state index in [4.69, 9.17) is 23.2 Å². The fourth-order valence-electron chi connectivity index (χ4n) is 3.23. The second-order valence-corrected chi connectivity index (χ2v) is 7.25. The van der Waals surface area contributed by atoms with E-state index in [0.29, 0.717) is 22.9 Å². The van der Waals surface area contributed by atoms with Gasteiger partial charge < -0.3 is 5.32 Å². The second kappa shape index (κ2) is 7.58. The number of hydrogen-bond acceptors (Lipinski definition) is 1. The van der Waals surface area contributed by atoms with Crippen molar-refractivity contribution in [2.45, 2.75) is 45.1 Å². The van der Waals surface area contributed by atoms with Crippen LogP contribution < -0.4 is 5.32 Å². The minimum absolute atomic E-state index is 0.0177. The lowest BCUT2D eigenvalue weighted by Crippen LogP contribution is -2.26. The van der Waals surface area contributed by atoms with Crippen molar-refractivity contribution in [1.82, 2.24) is 5.32 Å². The van der Waals surface area contributed by atoms with E-state index in [1.165, 1.54) is 29.5 Å². The van der Waals surface area contributed by atoms with Crippen molar-refractivity contribution in [3.05, 3.63) is 68.7 Å². The number of aryl methyl sites for hydroxylation is 3. The molecule has 24 heavy (non-hydrogen) atoms. The topological polar surface area (TPSA) is 29.1 Å². The summed E-state index contributed by atoms with van der Waals surface area (Å²) in [6.07, 6.45) is 4.59. The van der Waals surface area contributed by atoms with Gasteiger partial charge in [-0.2, -0.15) is 0 Å². The Morgan fingerprint density at radius 3 is 2.71 bits per heavy atom. The van der Waals surface area contributed by atoms with Gasteiger partial charge in [0.05, 0.1) is 6.04 Å². The zero-order valence-corrected chi connectivity index (χ0v) is 15.3. The molecule has 2 aromatic rings. The first-order chi connectivity index (χ1) is 11.5. The van der Waals surface area contributed by atoms with E-state index in [-0.39, 0.29) is 11.9 Å². The van der Waals surface area contributed by atoms with Gasteiger partial charge in [-0.3, -0.25) is 4.79 Å². The summed E-state index contributed by atoms with van der Waals surface area (Å²) in [7, 11) is 0. The molecule has 0 bridgehead atoms. The van der Waals surface area contributed by atoms with Crippen LogP contribution in [-0.4, -0.2) is 5.91 Å². The van der Waals surface area contributed by atoms with Crippen LogP contribution in [0.4, 0.5) is 0 Å². The molecule has 1 aliphatic carbocycles. The standard InChI is InChI=1S/C20H21Cl2NO/c1-13(16-6-5-14-3-2-4-17(14)11-16)23-20(24)10-8-15-7-9-18(21)12-19(15)22/h5-7,9,11-13H,2-4,8,10H2,1H3,(H,23,24)/t13-/m1/s1. The van der Waals surface area contributed by atoms with Gasteiger partial charge in [0.2, 0.25) is 5.91 Å². The first kappa shape index (κ1) is 17.3. The van der Waals surface area contributed by atoms with Crippen molar-refractivity contribution in [3.63, 3.8) is 0 Å². The van der Waals surface area contributed by atoms with Crippen LogP contribution in [0.1, 0.15) is 48.1 Å². The van der Waals surface area contributed by atoms with Crippen molar-refractivity contribution in [3.8, 4) is 0 Å². The van der Waals surface area contributed by atoms with Gasteiger partial charge in [-0.1, -0.05) is 47.5 Å². The molecule has 0 unspecified atom stereocenters. The number of fused-ring (bicyclic) bond motifs is 1. The maximum absolute atomic E-state index is 12.2. The van der Waals surface area contributed by atoms with Crippen molar-refractivity contribution in [1.29, 1.82) is 0 Å². The Morgan fingerprint density at radius 1 is 1.12 bits per heavy atom. The highest BCUT2D eigenvalue weighted by Crippen LogP contribution is 2.26. The van der Waals surface area contributed by atoms with Gasteiger partial charge in [0.25, 0.3) is 0 Å². The Kier molecular flexibility index (Phi) is 5.47. The van der Waals surface area contributed by atoms with Gasteiger partial charge >= 0.3 is 0 Å². The molecular formula is C20H21Cl2NO. The lowest BCUT2D eigenvalue weighted by atomic mass is 10.0. The Morgan fingerprint density at radius 2 is 1.92 bits per heavy atom. The molecule has 1 amide bonds. The number of benzene rings is 2. The summed E-state index contributed by atoms with van der Waals surface area (Å²) in [6, 6.07) is 12.0. The predicted octanol–water partition coefficient (Wildman–Crippen LogP) is 5.29. The highest BCUT2D eigenvalue weighted by molar-refractivity contribution is 6.35. The molecule has 0 aliphatic heterocycles. The average molecular weight is 362 g/mol. The number of carbonyl (C=O) groups excluding carboxylic acids is 1. The lowest BCUT2D eigenvalue weighted by Gasteiger charge is -2.16. The molecule has 1 aliphatic rings. The van der Waals surface area contributed by atoms with Gasteiger partial charge in [-0.15, -0.1) is 0 Å². The van der Waals surface area contributed by atoms with E-state index < -0.39 is 0 Å². The molecule has 0 aromatic heterocycles. The maximum Gasteiger partial charge on any atom is 0.220 e. The number of halogens is 2. The van der Waals surface area contributed by atoms with Gasteiger partial charge in [0.1, 0.15) is 0 Å². The summed E-state index contributed by atoms with van der Waals surface area (Å²) in [5, 5.41) is 4.30. The fraction of sp³-hybridized carbons (Fsp3) is 0.350. The molecule has 2 aromatic carbocycles. The van der Waals surface area contributed by atoms with Crippen LogP contribution in [0, 0.1) is 0 Å². The van der Waals surface area contributed by atoms with Crippen LogP contribution in [-0.2, 0) is 24.1 Å². The summed E-state index contributed by atoms with van der Waals surface area (Å²) < 4.78 is 0. The van der Waals surface area contributed by atoms with E-state index in [1.807, 2.05) is 13.0 Å². The maximum atomic E-state index is 12.2. The number of amides is 1. The van der Waals surface area contributed by atoms with Crippen LogP contribution >= 0.6 is 23.2 Å². The SMILES string of the molecule is C[C@@H](NC(=O)CCc1ccc(Cl)cc1Cl)c1ccc2c(c1)CCC2. The molecular weight excluding hydrogens is 341 g/mol. The average Bonchev–Trinajstić information content (AvgIpc) is 3.01. The molecule has 126 valence electrons. The van der Waals surface area contributed by atoms with Crippen molar-refractivity contribution in [2.24, 2.45) is 0 Å². The molecule has 0 heterocycles. The smallest absolute Gasteiger partial charge is 0.220 e. The summed E-state index contributed by atoms with van der Waals surface area (Å²) in [6.45, 7) is 2.03. The Bertz CT molecular complexity index is 757. The van der Waals surface area contributed by atoms with Crippen molar-refractivity contribution in [2.75, 3.05) is 0 Å². The third-order valence-corrected chi connectivity index (χ3v) is 5.22. The number of nitrogens with one attached hydrogen (secondary N) is 1. The highest BCUT2D eigenvalue weighted by Gasteiger charge is 2.15. The van der Waals surface area contributed by atoms with E-state index in [0.717, 1.165) is 12.0 Å². The summed E-state index contributed by atoms with van der Waals surface area (Å²) in [4.78, 5) is 12.2. The van der Waals surface area contributed by atoms with Crippen LogP contribution in [0.5, 0.6) is 0 Å². The van der Waals surface area contributed by atoms with Crippen molar-refractivity contribution >= 4 is 29.1 Å². The van der Waals surface area contributed by atoms with Gasteiger partial charge in [-0.25, -0.2) is 0 Å². The molecule has 0 radical (unpaired) electrons. The molecule has 0 fully saturated rings. The van der Waals surface area contributed by atoms with Crippen molar-refractivity contribution < 1.29 is 4.79 Å². The first-order valence-corrected chi connectivity index (χ1v) is 9.13. The molecule has 0 saturated carbocycles. The van der Waals surface area contributed by atoms with Gasteiger partial charge in [-0.05, 0) is 67.0 Å². The van der Waals surface area contributed by atoms with Gasteiger partial charge in [0, 0.05) is 16.5 Å². The van der Waals surface area contributed by atoms with E-state index in [9.17, 15) is 4.79 Å². The number of rotatable bonds is 5. The normalized spacial score (nSPS) is 14.3. The minimum atomic E-state index is 0.0177. The molecule has 2 nitrogen and oxygen atoms in total. The fourth-order valence-corrected chi connectivity index (χ4v) is 3.73. The van der Waals surface area contributed by atoms with E-state index in [1.54, 1.807) is 12.1 Å². The quantitative estimate of drug-likeness (QED) is 0.769. The lowest BCUT2D eigenvalue weighted by molar-refractivity contribution is -0.121. The monoisotopic (exact) mass is 361 g/mol. The molecule has 1 N–H and O–H groups in total. The molecule has 0 saturated heterocycles. The highest BCUT2D eigenvalue weighted by atomic mass is 35.5. The third kappa shape index (κ3) is 4.12. The van der Waals surface area contributed by atoms with Crippen LogP contribution in [0.2, 0.25) is 10.0 Å². The molecule has 1 atom stereocenters. The third-order valence-electron chi connectivity index (χ3n) is 4.64. The zero-order chi connectivity index (χ0) is 17.1. The molecule has 0 spiro atoms. The minimum Gasteiger partial charge on any atom is -0.350 e. The van der Waals surface area contributed by atoms with E-state index in [2.05, 4.69) is 23.5 Å². The van der Waals surface area contributed by atoms with Crippen LogP contribution in [0.15, 0.2) is 36.4 Å². The largest absolute Gasteiger partial charge is 0.350 e. The van der Waals surface area contributed by atoms with Crippen LogP contribution in [0.25, 0.3) is 0 Å². The Balaban J connectivity index is 1.56. The zero-order valence-electron chi connectivity index (χ0n) is 13.7. The Hall–Kier alpha value is -1.51. The first-order valence-electron chi connectivity index (χ1n) is 8.38. The molecule has 4 heteroatoms. The van der Waals surface area contributed by atoms with Gasteiger partial charge in [0.15, 0.2) is 0 Å². The molecule has 3 rings (SSSR count). The second-order valence-electron chi connectivity index (χ2n) is 6.41. The Labute approximate surface area is 153 Å². The predicted molar refractivity (Wildman–Crippen MR) is 99.8 cm³/mol.